The minimum Gasteiger partial charge on any atom is -0.393 e. The third-order valence-electron chi connectivity index (χ3n) is 3.30. The summed E-state index contributed by atoms with van der Waals surface area (Å²) >= 11 is 0. The molecule has 1 heterocycles. The monoisotopic (exact) mass is 283 g/mol. The van der Waals surface area contributed by atoms with Gasteiger partial charge in [0, 0.05) is 18.7 Å². The van der Waals surface area contributed by atoms with Crippen LogP contribution in [0.4, 0.5) is 4.79 Å². The first-order chi connectivity index (χ1) is 9.54. The molecule has 3 N–H and O–H groups in total. The maximum absolute atomic E-state index is 11.5. The van der Waals surface area contributed by atoms with Crippen molar-refractivity contribution in [2.45, 2.75) is 52.6 Å². The molecular weight excluding hydrogens is 258 g/mol. The lowest BCUT2D eigenvalue weighted by molar-refractivity contribution is 0.160. The van der Waals surface area contributed by atoms with Gasteiger partial charge in [-0.15, -0.1) is 0 Å². The summed E-state index contributed by atoms with van der Waals surface area (Å²) < 4.78 is 5.09. The van der Waals surface area contributed by atoms with Gasteiger partial charge in [0.2, 0.25) is 0 Å². The summed E-state index contributed by atoms with van der Waals surface area (Å²) in [5.41, 5.74) is 2.04. The van der Waals surface area contributed by atoms with Crippen molar-refractivity contribution in [3.63, 3.8) is 0 Å². The van der Waals surface area contributed by atoms with Crippen LogP contribution in [0.3, 0.4) is 0 Å². The van der Waals surface area contributed by atoms with E-state index in [4.69, 9.17) is 4.52 Å². The summed E-state index contributed by atoms with van der Waals surface area (Å²) in [5.74, 6) is 0.848. The number of aliphatic hydroxyl groups is 1. The van der Waals surface area contributed by atoms with Gasteiger partial charge in [-0.2, -0.15) is 0 Å². The molecule has 0 bridgehead atoms. The fourth-order valence-corrected chi connectivity index (χ4v) is 1.94. The van der Waals surface area contributed by atoms with Crippen LogP contribution in [-0.2, 0) is 6.42 Å². The number of amides is 2. The second-order valence-electron chi connectivity index (χ2n) is 4.94. The van der Waals surface area contributed by atoms with Gasteiger partial charge in [-0.1, -0.05) is 12.1 Å². The van der Waals surface area contributed by atoms with E-state index >= 15 is 0 Å². The molecule has 1 unspecified atom stereocenters. The maximum Gasteiger partial charge on any atom is 0.314 e. The van der Waals surface area contributed by atoms with E-state index in [-0.39, 0.29) is 12.1 Å². The molecule has 0 aliphatic heterocycles. The standard InChI is InChI=1S/C14H25N3O3/c1-4-12(18)7-9-16-14(19)15-8-5-6-13-10(2)17-20-11(13)3/h12,18H,4-9H2,1-3H3,(H2,15,16,19). The maximum atomic E-state index is 11.5. The molecule has 0 saturated heterocycles. The normalized spacial score (nSPS) is 12.2. The Labute approximate surface area is 119 Å². The molecule has 20 heavy (non-hydrogen) atoms. The van der Waals surface area contributed by atoms with Crippen molar-refractivity contribution < 1.29 is 14.4 Å². The highest BCUT2D eigenvalue weighted by atomic mass is 16.5. The summed E-state index contributed by atoms with van der Waals surface area (Å²) in [7, 11) is 0. The zero-order valence-electron chi connectivity index (χ0n) is 12.5. The number of nitrogens with zero attached hydrogens (tertiary/aromatic N) is 1. The predicted octanol–water partition coefficient (Wildman–Crippen LogP) is 1.68. The summed E-state index contributed by atoms with van der Waals surface area (Å²) in [6, 6.07) is -0.188. The lowest BCUT2D eigenvalue weighted by Gasteiger charge is -2.10. The third kappa shape index (κ3) is 5.61. The molecule has 6 nitrogen and oxygen atoms in total. The topological polar surface area (TPSA) is 87.4 Å². The van der Waals surface area contributed by atoms with Gasteiger partial charge in [-0.3, -0.25) is 0 Å². The van der Waals surface area contributed by atoms with Gasteiger partial charge in [0.05, 0.1) is 11.8 Å². The first-order valence-electron chi connectivity index (χ1n) is 7.16. The Bertz CT molecular complexity index is 398. The van der Waals surface area contributed by atoms with E-state index < -0.39 is 0 Å². The van der Waals surface area contributed by atoms with Crippen molar-refractivity contribution in [1.82, 2.24) is 15.8 Å². The molecule has 6 heteroatoms. The average Bonchev–Trinajstić information content (AvgIpc) is 2.74. The summed E-state index contributed by atoms with van der Waals surface area (Å²) in [6.07, 6.45) is 2.64. The van der Waals surface area contributed by atoms with E-state index in [0.717, 1.165) is 29.9 Å². The van der Waals surface area contributed by atoms with Crippen LogP contribution >= 0.6 is 0 Å². The van der Waals surface area contributed by atoms with Gasteiger partial charge in [0.25, 0.3) is 0 Å². The largest absolute Gasteiger partial charge is 0.393 e. The van der Waals surface area contributed by atoms with Crippen LogP contribution < -0.4 is 10.6 Å². The Morgan fingerprint density at radius 3 is 2.65 bits per heavy atom. The first kappa shape index (κ1) is 16.5. The number of hydrogen-bond acceptors (Lipinski definition) is 4. The van der Waals surface area contributed by atoms with Gasteiger partial charge in [-0.05, 0) is 39.5 Å². The molecule has 0 radical (unpaired) electrons. The minimum absolute atomic E-state index is 0.188. The molecule has 1 atom stereocenters. The van der Waals surface area contributed by atoms with Crippen molar-refractivity contribution in [3.8, 4) is 0 Å². The lowest BCUT2D eigenvalue weighted by Crippen LogP contribution is -2.37. The number of aryl methyl sites for hydroxylation is 2. The Morgan fingerprint density at radius 2 is 2.05 bits per heavy atom. The molecule has 114 valence electrons. The van der Waals surface area contributed by atoms with Gasteiger partial charge in [0.1, 0.15) is 5.76 Å². The Kier molecular flexibility index (Phi) is 7.08. The van der Waals surface area contributed by atoms with Crippen LogP contribution in [-0.4, -0.2) is 35.5 Å². The van der Waals surface area contributed by atoms with Crippen LogP contribution in [0.1, 0.15) is 43.2 Å². The predicted molar refractivity (Wildman–Crippen MR) is 76.6 cm³/mol. The first-order valence-corrected chi connectivity index (χ1v) is 7.16. The summed E-state index contributed by atoms with van der Waals surface area (Å²) in [4.78, 5) is 11.5. The number of aromatic nitrogens is 1. The minimum atomic E-state index is -0.338. The van der Waals surface area contributed by atoms with Crippen molar-refractivity contribution >= 4 is 6.03 Å². The molecule has 1 rings (SSSR count). The molecule has 0 saturated carbocycles. The quantitative estimate of drug-likeness (QED) is 0.633. The molecule has 0 aliphatic carbocycles. The fraction of sp³-hybridized carbons (Fsp3) is 0.714. The van der Waals surface area contributed by atoms with E-state index in [1.807, 2.05) is 20.8 Å². The van der Waals surface area contributed by atoms with Gasteiger partial charge in [-0.25, -0.2) is 4.79 Å². The second kappa shape index (κ2) is 8.58. The number of rotatable bonds is 8. The Morgan fingerprint density at radius 1 is 1.35 bits per heavy atom. The number of carbonyl (C=O) groups excluding carboxylic acids is 1. The summed E-state index contributed by atoms with van der Waals surface area (Å²) in [5, 5.41) is 18.8. The van der Waals surface area contributed by atoms with Crippen molar-refractivity contribution in [2.24, 2.45) is 0 Å². The van der Waals surface area contributed by atoms with Crippen LogP contribution in [0, 0.1) is 13.8 Å². The van der Waals surface area contributed by atoms with Crippen LogP contribution in [0.25, 0.3) is 0 Å². The Hall–Kier alpha value is -1.56. The fourth-order valence-electron chi connectivity index (χ4n) is 1.94. The van der Waals surface area contributed by atoms with Crippen LogP contribution in [0.2, 0.25) is 0 Å². The van der Waals surface area contributed by atoms with Gasteiger partial charge < -0.3 is 20.3 Å². The molecular formula is C14H25N3O3. The van der Waals surface area contributed by atoms with E-state index in [9.17, 15) is 9.90 Å². The zero-order valence-corrected chi connectivity index (χ0v) is 12.5. The van der Waals surface area contributed by atoms with Crippen molar-refractivity contribution in [1.29, 1.82) is 0 Å². The number of carbonyl (C=O) groups is 1. The van der Waals surface area contributed by atoms with Gasteiger partial charge >= 0.3 is 6.03 Å². The van der Waals surface area contributed by atoms with Crippen LogP contribution in [0.15, 0.2) is 4.52 Å². The van der Waals surface area contributed by atoms with E-state index in [1.165, 1.54) is 0 Å². The van der Waals surface area contributed by atoms with Crippen LogP contribution in [0.5, 0.6) is 0 Å². The lowest BCUT2D eigenvalue weighted by atomic mass is 10.1. The molecule has 0 spiro atoms. The highest BCUT2D eigenvalue weighted by Gasteiger charge is 2.08. The van der Waals surface area contributed by atoms with Crippen molar-refractivity contribution in [2.75, 3.05) is 13.1 Å². The number of urea groups is 1. The SMILES string of the molecule is CCC(O)CCNC(=O)NCCCc1c(C)noc1C. The molecule has 0 aliphatic rings. The highest BCUT2D eigenvalue weighted by molar-refractivity contribution is 5.73. The summed E-state index contributed by atoms with van der Waals surface area (Å²) in [6.45, 7) is 6.83. The molecule has 0 fully saturated rings. The van der Waals surface area contributed by atoms with E-state index in [1.54, 1.807) is 0 Å². The number of hydrogen-bond donors (Lipinski definition) is 3. The van der Waals surface area contributed by atoms with E-state index in [0.29, 0.717) is 25.9 Å². The third-order valence-corrected chi connectivity index (χ3v) is 3.30. The molecule has 1 aromatic rings. The molecule has 2 amide bonds. The van der Waals surface area contributed by atoms with E-state index in [2.05, 4.69) is 15.8 Å². The number of aliphatic hydroxyl groups excluding tert-OH is 1. The van der Waals surface area contributed by atoms with Crippen molar-refractivity contribution in [3.05, 3.63) is 17.0 Å². The average molecular weight is 283 g/mol. The molecule has 0 aromatic carbocycles. The highest BCUT2D eigenvalue weighted by Crippen LogP contribution is 2.13. The zero-order chi connectivity index (χ0) is 15.0. The smallest absolute Gasteiger partial charge is 0.314 e. The molecule has 1 aromatic heterocycles. The Balaban J connectivity index is 2.10. The van der Waals surface area contributed by atoms with Gasteiger partial charge in [0.15, 0.2) is 0 Å². The number of nitrogens with one attached hydrogen (secondary N) is 2. The second-order valence-corrected chi connectivity index (χ2v) is 4.94.